The van der Waals surface area contributed by atoms with Crippen molar-refractivity contribution in [3.05, 3.63) is 74.1 Å². The number of benzene rings is 1. The molecule has 1 unspecified atom stereocenters. The molecule has 49 heavy (non-hydrogen) atoms. The number of ether oxygens (including phenoxy) is 1. The van der Waals surface area contributed by atoms with Crippen molar-refractivity contribution in [2.24, 2.45) is 16.6 Å². The van der Waals surface area contributed by atoms with Gasteiger partial charge in [0.05, 0.1) is 46.8 Å². The first-order chi connectivity index (χ1) is 23.2. The molecule has 1 amide bonds. The molecule has 8 nitrogen and oxygen atoms in total. The highest BCUT2D eigenvalue weighted by Crippen LogP contribution is 2.38. The number of hydrogen-bond acceptors (Lipinski definition) is 7. The Morgan fingerprint density at radius 1 is 1.08 bits per heavy atom. The first-order valence-corrected chi connectivity index (χ1v) is 20.5. The Hall–Kier alpha value is -2.45. The largest absolute Gasteiger partial charge is 0.466 e. The molecule has 15 heteroatoms. The molecule has 1 saturated carbocycles. The maximum Gasteiger partial charge on any atom is 0.433 e. The van der Waals surface area contributed by atoms with Crippen molar-refractivity contribution in [1.29, 1.82) is 0 Å². The number of nitrogens with zero attached hydrogens (tertiary/aromatic N) is 3. The average Bonchev–Trinajstić information content (AvgIpc) is 3.07. The van der Waals surface area contributed by atoms with E-state index in [2.05, 4.69) is 25.9 Å². The Morgan fingerprint density at radius 3 is 2.18 bits per heavy atom. The van der Waals surface area contributed by atoms with Gasteiger partial charge < -0.3 is 19.8 Å². The van der Waals surface area contributed by atoms with Gasteiger partial charge in [-0.2, -0.15) is 13.2 Å². The third-order valence-electron chi connectivity index (χ3n) is 9.08. The normalized spacial score (nSPS) is 18.2. The first-order valence-electron chi connectivity index (χ1n) is 16.5. The summed E-state index contributed by atoms with van der Waals surface area (Å²) < 4.78 is 57.0. The molecule has 2 N–H and O–H groups in total. The molecule has 0 spiro atoms. The van der Waals surface area contributed by atoms with Gasteiger partial charge in [0.25, 0.3) is 5.91 Å². The lowest BCUT2D eigenvalue weighted by molar-refractivity contribution is -0.149. The zero-order valence-corrected chi connectivity index (χ0v) is 32.3. The Bertz CT molecular complexity index is 1470. The van der Waals surface area contributed by atoms with Crippen LogP contribution in [0.25, 0.3) is 0 Å². The fourth-order valence-electron chi connectivity index (χ4n) is 6.07. The van der Waals surface area contributed by atoms with Gasteiger partial charge in [0.2, 0.25) is 0 Å². The lowest BCUT2D eigenvalue weighted by atomic mass is 9.86. The number of hydrogen-bond donors (Lipinski definition) is 1. The van der Waals surface area contributed by atoms with E-state index >= 15 is 0 Å². The van der Waals surface area contributed by atoms with Crippen molar-refractivity contribution >= 4 is 65.0 Å². The minimum Gasteiger partial charge on any atom is -0.466 e. The zero-order valence-electron chi connectivity index (χ0n) is 28.2. The van der Waals surface area contributed by atoms with Gasteiger partial charge in [-0.25, -0.2) is 0 Å². The van der Waals surface area contributed by atoms with Crippen LogP contribution in [0.3, 0.4) is 0 Å². The molecule has 3 rings (SSSR count). The van der Waals surface area contributed by atoms with Crippen LogP contribution in [0.4, 0.5) is 13.2 Å². The SMILES string of the molecule is CCOC(=O)C1CCC(N=C(C(=CN)C(=O)N(Cc2ccccc2Br)CC(O[Si](CC)(CC)CC)c2c(Cl)cncc2Cl)C(F)(F)F)CC1. The summed E-state index contributed by atoms with van der Waals surface area (Å²) in [4.78, 5) is 36.1. The summed E-state index contributed by atoms with van der Waals surface area (Å²) in [5.74, 6) is -1.75. The third-order valence-corrected chi connectivity index (χ3v) is 15.1. The molecular formula is C34H44BrCl2F3N4O4Si. The molecule has 1 heterocycles. The number of aromatic nitrogens is 1. The lowest BCUT2D eigenvalue weighted by Gasteiger charge is -2.37. The smallest absolute Gasteiger partial charge is 0.433 e. The Labute approximate surface area is 305 Å². The molecule has 0 aliphatic heterocycles. The van der Waals surface area contributed by atoms with E-state index in [1.807, 2.05) is 20.8 Å². The number of aliphatic imine (C=N–C) groups is 1. The van der Waals surface area contributed by atoms with Gasteiger partial charge in [-0.3, -0.25) is 19.6 Å². The predicted molar refractivity (Wildman–Crippen MR) is 193 cm³/mol. The van der Waals surface area contributed by atoms with Gasteiger partial charge in [-0.1, -0.05) is 78.1 Å². The highest BCUT2D eigenvalue weighted by atomic mass is 79.9. The van der Waals surface area contributed by atoms with Gasteiger partial charge >= 0.3 is 12.1 Å². The second kappa shape index (κ2) is 18.7. The van der Waals surface area contributed by atoms with Crippen molar-refractivity contribution in [3.63, 3.8) is 0 Å². The van der Waals surface area contributed by atoms with E-state index < -0.39 is 49.7 Å². The first kappa shape index (κ1) is 41.0. The highest BCUT2D eigenvalue weighted by molar-refractivity contribution is 9.10. The van der Waals surface area contributed by atoms with Gasteiger partial charge in [-0.15, -0.1) is 0 Å². The van der Waals surface area contributed by atoms with Crippen LogP contribution in [-0.4, -0.2) is 61.2 Å². The van der Waals surface area contributed by atoms with Crippen LogP contribution >= 0.6 is 39.1 Å². The number of carbonyl (C=O) groups is 2. The Morgan fingerprint density at radius 2 is 1.67 bits per heavy atom. The minimum atomic E-state index is -5.00. The topological polar surface area (TPSA) is 107 Å². The van der Waals surface area contributed by atoms with Gasteiger partial charge in [0, 0.05) is 35.2 Å². The van der Waals surface area contributed by atoms with Gasteiger partial charge in [-0.05, 0) is 62.4 Å². The molecule has 2 aromatic rings. The molecular weight excluding hydrogens is 764 g/mol. The molecule has 0 radical (unpaired) electrons. The number of rotatable bonds is 15. The van der Waals surface area contributed by atoms with Crippen LogP contribution in [0, 0.1) is 5.92 Å². The van der Waals surface area contributed by atoms with Crippen LogP contribution in [0.1, 0.15) is 70.6 Å². The number of alkyl halides is 3. The quantitative estimate of drug-likeness (QED) is 0.0833. The van der Waals surface area contributed by atoms with Crippen LogP contribution in [0.2, 0.25) is 28.2 Å². The van der Waals surface area contributed by atoms with E-state index in [0.29, 0.717) is 34.6 Å². The third kappa shape index (κ3) is 10.8. The zero-order chi connectivity index (χ0) is 36.4. The Kier molecular flexibility index (Phi) is 15.6. The minimum absolute atomic E-state index is 0.0908. The number of carbonyl (C=O) groups excluding carboxylic acids is 2. The second-order valence-corrected chi connectivity index (χ2v) is 18.3. The van der Waals surface area contributed by atoms with Crippen LogP contribution in [0.5, 0.6) is 0 Å². The van der Waals surface area contributed by atoms with E-state index in [1.165, 1.54) is 17.3 Å². The molecule has 1 atom stereocenters. The maximum atomic E-state index is 14.8. The maximum absolute atomic E-state index is 14.8. The standard InChI is InChI=1S/C34H44BrCl2F3N4O4Si/c1-5-47-33(46)22-13-15-24(16-14-22)43-31(34(38,39)40)25(17-41)32(45)44(20-23-11-9-10-12-26(23)35)21-29(48-49(6-2,7-3)8-4)30-27(36)18-42-19-28(30)37/h9-12,17-19,22,24,29H,5-8,13-16,20-21,41H2,1-4H3. The molecule has 270 valence electrons. The summed E-state index contributed by atoms with van der Waals surface area (Å²) in [7, 11) is -2.41. The van der Waals surface area contributed by atoms with Crippen molar-refractivity contribution in [1.82, 2.24) is 9.88 Å². The van der Waals surface area contributed by atoms with E-state index in [0.717, 1.165) is 18.1 Å². The number of amides is 1. The molecule has 1 fully saturated rings. The number of halogens is 6. The highest BCUT2D eigenvalue weighted by Gasteiger charge is 2.43. The summed E-state index contributed by atoms with van der Waals surface area (Å²) in [5.41, 5.74) is 4.74. The number of nitrogens with two attached hydrogens (primary N) is 1. The van der Waals surface area contributed by atoms with Gasteiger partial charge in [0.15, 0.2) is 14.0 Å². The van der Waals surface area contributed by atoms with E-state index in [-0.39, 0.29) is 48.6 Å². The van der Waals surface area contributed by atoms with E-state index in [4.69, 9.17) is 38.1 Å². The Balaban J connectivity index is 2.10. The average molecular weight is 809 g/mol. The van der Waals surface area contributed by atoms with Crippen molar-refractivity contribution in [3.8, 4) is 0 Å². The summed E-state index contributed by atoms with van der Waals surface area (Å²) in [6, 6.07) is 8.61. The molecule has 1 aromatic carbocycles. The molecule has 0 saturated heterocycles. The van der Waals surface area contributed by atoms with E-state index in [9.17, 15) is 22.8 Å². The van der Waals surface area contributed by atoms with Crippen molar-refractivity contribution in [2.45, 2.75) is 96.4 Å². The molecule has 1 aromatic heterocycles. The summed E-state index contributed by atoms with van der Waals surface area (Å²) in [6.07, 6.45) is -1.28. The summed E-state index contributed by atoms with van der Waals surface area (Å²) in [5, 5.41) is 0.421. The number of esters is 1. The van der Waals surface area contributed by atoms with Crippen LogP contribution in [-0.2, 0) is 25.3 Å². The fraction of sp³-hybridized carbons (Fsp3) is 0.529. The van der Waals surface area contributed by atoms with Crippen molar-refractivity contribution in [2.75, 3.05) is 13.2 Å². The second-order valence-electron chi connectivity index (χ2n) is 12.0. The van der Waals surface area contributed by atoms with Gasteiger partial charge in [0.1, 0.15) is 0 Å². The predicted octanol–water partition coefficient (Wildman–Crippen LogP) is 9.21. The van der Waals surface area contributed by atoms with Crippen LogP contribution < -0.4 is 5.73 Å². The fourth-order valence-corrected chi connectivity index (χ4v) is 9.88. The van der Waals surface area contributed by atoms with E-state index in [1.54, 1.807) is 31.2 Å². The molecule has 1 aliphatic rings. The van der Waals surface area contributed by atoms with Crippen molar-refractivity contribution < 1.29 is 31.9 Å². The molecule has 0 bridgehead atoms. The number of pyridine rings is 1. The monoisotopic (exact) mass is 806 g/mol. The lowest BCUT2D eigenvalue weighted by Crippen LogP contribution is -2.44. The summed E-state index contributed by atoms with van der Waals surface area (Å²) >= 11 is 16.8. The van der Waals surface area contributed by atoms with Crippen LogP contribution in [0.15, 0.2) is 57.9 Å². The molecule has 1 aliphatic carbocycles. The summed E-state index contributed by atoms with van der Waals surface area (Å²) in [6.45, 7) is 7.76.